The average Bonchev–Trinajstić information content (AvgIpc) is 2.00. The Bertz CT molecular complexity index is 182. The molecule has 4 N–H and O–H groups in total. The largest absolute Gasteiger partial charge is 0.480 e. The number of carbonyl (C=O) groups is 2. The number of carbonyl (C=O) groups excluding carboxylic acids is 1. The summed E-state index contributed by atoms with van der Waals surface area (Å²) >= 11 is 0. The molecule has 76 valence electrons. The fraction of sp³-hybridized carbons (Fsp3) is 0.714. The van der Waals surface area contributed by atoms with E-state index in [1.165, 1.54) is 0 Å². The van der Waals surface area contributed by atoms with Crippen molar-refractivity contribution in [1.29, 1.82) is 0 Å². The van der Waals surface area contributed by atoms with Crippen molar-refractivity contribution in [3.05, 3.63) is 0 Å². The summed E-state index contributed by atoms with van der Waals surface area (Å²) in [6, 6.07) is -0.539. The first-order valence-corrected chi connectivity index (χ1v) is 4.01. The van der Waals surface area contributed by atoms with Gasteiger partial charge in [0.1, 0.15) is 6.54 Å². The third kappa shape index (κ3) is 8.61. The Hall–Kier alpha value is -1.30. The highest BCUT2D eigenvalue weighted by Crippen LogP contribution is 1.84. The summed E-state index contributed by atoms with van der Waals surface area (Å²) in [5.41, 5.74) is 4.96. The van der Waals surface area contributed by atoms with E-state index in [2.05, 4.69) is 16.2 Å². The first kappa shape index (κ1) is 11.7. The van der Waals surface area contributed by atoms with Crippen LogP contribution in [0.5, 0.6) is 0 Å². The molecule has 0 aliphatic rings. The Morgan fingerprint density at radius 3 is 2.46 bits per heavy atom. The van der Waals surface area contributed by atoms with Gasteiger partial charge in [0, 0.05) is 6.54 Å². The van der Waals surface area contributed by atoms with Crippen molar-refractivity contribution in [2.24, 2.45) is 5.92 Å². The zero-order chi connectivity index (χ0) is 10.3. The van der Waals surface area contributed by atoms with Gasteiger partial charge in [-0.1, -0.05) is 13.8 Å². The molecule has 0 saturated carbocycles. The highest BCUT2D eigenvalue weighted by Gasteiger charge is 2.01. The lowest BCUT2D eigenvalue weighted by molar-refractivity contribution is -0.135. The van der Waals surface area contributed by atoms with Crippen LogP contribution in [0.3, 0.4) is 0 Å². The monoisotopic (exact) mass is 189 g/mol. The van der Waals surface area contributed by atoms with Crippen LogP contribution >= 0.6 is 0 Å². The SMILES string of the molecule is CC(C)CNNC(=O)NCC(=O)O. The predicted molar refractivity (Wildman–Crippen MR) is 47.0 cm³/mol. The second-order valence-electron chi connectivity index (χ2n) is 2.98. The van der Waals surface area contributed by atoms with E-state index in [1.807, 2.05) is 13.8 Å². The van der Waals surface area contributed by atoms with Gasteiger partial charge in [0.15, 0.2) is 0 Å². The van der Waals surface area contributed by atoms with Crippen molar-refractivity contribution in [2.75, 3.05) is 13.1 Å². The van der Waals surface area contributed by atoms with Crippen LogP contribution in [-0.2, 0) is 4.79 Å². The van der Waals surface area contributed by atoms with Gasteiger partial charge >= 0.3 is 12.0 Å². The highest BCUT2D eigenvalue weighted by molar-refractivity contribution is 5.79. The molecule has 0 spiro atoms. The van der Waals surface area contributed by atoms with Crippen molar-refractivity contribution in [2.45, 2.75) is 13.8 Å². The molecule has 0 rings (SSSR count). The van der Waals surface area contributed by atoms with E-state index in [-0.39, 0.29) is 6.54 Å². The van der Waals surface area contributed by atoms with Crippen LogP contribution in [0.15, 0.2) is 0 Å². The van der Waals surface area contributed by atoms with Crippen LogP contribution in [-0.4, -0.2) is 30.2 Å². The molecule has 0 aromatic carbocycles. The number of hydrogen-bond acceptors (Lipinski definition) is 3. The van der Waals surface area contributed by atoms with E-state index in [9.17, 15) is 9.59 Å². The summed E-state index contributed by atoms with van der Waals surface area (Å²) in [5.74, 6) is -0.654. The maximum absolute atomic E-state index is 10.8. The van der Waals surface area contributed by atoms with Crippen LogP contribution < -0.4 is 16.2 Å². The third-order valence-electron chi connectivity index (χ3n) is 1.11. The van der Waals surface area contributed by atoms with E-state index in [0.29, 0.717) is 12.5 Å². The topological polar surface area (TPSA) is 90.5 Å². The minimum atomic E-state index is -1.07. The molecule has 0 heterocycles. The molecule has 2 amide bonds. The van der Waals surface area contributed by atoms with Crippen LogP contribution in [0.25, 0.3) is 0 Å². The number of carboxylic acid groups (broad SMARTS) is 1. The number of rotatable bonds is 5. The minimum Gasteiger partial charge on any atom is -0.480 e. The van der Waals surface area contributed by atoms with Crippen molar-refractivity contribution in [3.8, 4) is 0 Å². The van der Waals surface area contributed by atoms with Crippen LogP contribution in [0.4, 0.5) is 4.79 Å². The Balaban J connectivity index is 3.36. The second kappa shape index (κ2) is 6.24. The molecule has 0 aliphatic carbocycles. The number of aliphatic carboxylic acids is 1. The lowest BCUT2D eigenvalue weighted by atomic mass is 10.2. The molecule has 0 unspecified atom stereocenters. The standard InChI is InChI=1S/C7H15N3O3/c1-5(2)3-9-10-7(13)8-4-6(11)12/h5,9H,3-4H2,1-2H3,(H,11,12)(H2,8,10,13). The normalized spacial score (nSPS) is 9.77. The fourth-order valence-corrected chi connectivity index (χ4v) is 0.536. The maximum Gasteiger partial charge on any atom is 0.329 e. The van der Waals surface area contributed by atoms with Gasteiger partial charge in [-0.05, 0) is 5.92 Å². The fourth-order valence-electron chi connectivity index (χ4n) is 0.536. The number of nitrogens with one attached hydrogen (secondary N) is 3. The molecular weight excluding hydrogens is 174 g/mol. The Kier molecular flexibility index (Phi) is 5.62. The summed E-state index contributed by atoms with van der Waals surface area (Å²) in [4.78, 5) is 20.8. The molecule has 6 heteroatoms. The lowest BCUT2D eigenvalue weighted by Crippen LogP contribution is -2.46. The molecule has 0 saturated heterocycles. The molecule has 0 aromatic heterocycles. The van der Waals surface area contributed by atoms with Crippen molar-refractivity contribution >= 4 is 12.0 Å². The zero-order valence-corrected chi connectivity index (χ0v) is 7.76. The summed E-state index contributed by atoms with van der Waals surface area (Å²) in [5, 5.41) is 10.4. The van der Waals surface area contributed by atoms with Gasteiger partial charge in [-0.25, -0.2) is 10.2 Å². The average molecular weight is 189 g/mol. The highest BCUT2D eigenvalue weighted by atomic mass is 16.4. The van der Waals surface area contributed by atoms with Crippen molar-refractivity contribution in [1.82, 2.24) is 16.2 Å². The molecule has 6 nitrogen and oxygen atoms in total. The number of hydrazine groups is 1. The van der Waals surface area contributed by atoms with Crippen molar-refractivity contribution in [3.63, 3.8) is 0 Å². The van der Waals surface area contributed by atoms with Gasteiger partial charge in [-0.2, -0.15) is 0 Å². The predicted octanol–water partition coefficient (Wildman–Crippen LogP) is -0.469. The Morgan fingerprint density at radius 1 is 1.38 bits per heavy atom. The number of carboxylic acids is 1. The van der Waals surface area contributed by atoms with Crippen molar-refractivity contribution < 1.29 is 14.7 Å². The zero-order valence-electron chi connectivity index (χ0n) is 7.76. The number of hydrogen-bond donors (Lipinski definition) is 4. The van der Waals surface area contributed by atoms with E-state index >= 15 is 0 Å². The molecular formula is C7H15N3O3. The summed E-state index contributed by atoms with van der Waals surface area (Å²) in [7, 11) is 0. The summed E-state index contributed by atoms with van der Waals surface area (Å²) in [6.45, 7) is 4.24. The summed E-state index contributed by atoms with van der Waals surface area (Å²) in [6.07, 6.45) is 0. The van der Waals surface area contributed by atoms with Gasteiger partial charge in [-0.15, -0.1) is 0 Å². The maximum atomic E-state index is 10.8. The van der Waals surface area contributed by atoms with E-state index in [4.69, 9.17) is 5.11 Å². The smallest absolute Gasteiger partial charge is 0.329 e. The number of amides is 2. The molecule has 0 aliphatic heterocycles. The molecule has 0 aromatic rings. The minimum absolute atomic E-state index is 0.380. The van der Waals surface area contributed by atoms with Crippen LogP contribution in [0.1, 0.15) is 13.8 Å². The second-order valence-corrected chi connectivity index (χ2v) is 2.98. The molecule has 0 atom stereocenters. The van der Waals surface area contributed by atoms with E-state index in [1.54, 1.807) is 0 Å². The van der Waals surface area contributed by atoms with Crippen LogP contribution in [0.2, 0.25) is 0 Å². The molecule has 0 fully saturated rings. The van der Waals surface area contributed by atoms with E-state index in [0.717, 1.165) is 0 Å². The van der Waals surface area contributed by atoms with Gasteiger partial charge in [0.25, 0.3) is 0 Å². The van der Waals surface area contributed by atoms with Gasteiger partial charge in [0.2, 0.25) is 0 Å². The molecule has 0 bridgehead atoms. The quantitative estimate of drug-likeness (QED) is 0.440. The first-order chi connectivity index (χ1) is 6.02. The summed E-state index contributed by atoms with van der Waals surface area (Å²) < 4.78 is 0. The van der Waals surface area contributed by atoms with Gasteiger partial charge in [-0.3, -0.25) is 10.2 Å². The van der Waals surface area contributed by atoms with Gasteiger partial charge < -0.3 is 10.4 Å². The van der Waals surface area contributed by atoms with Gasteiger partial charge in [0.05, 0.1) is 0 Å². The first-order valence-electron chi connectivity index (χ1n) is 4.01. The van der Waals surface area contributed by atoms with Crippen LogP contribution in [0, 0.1) is 5.92 Å². The Labute approximate surface area is 76.7 Å². The molecule has 13 heavy (non-hydrogen) atoms. The van der Waals surface area contributed by atoms with E-state index < -0.39 is 12.0 Å². The Morgan fingerprint density at radius 2 is 2.00 bits per heavy atom. The third-order valence-corrected chi connectivity index (χ3v) is 1.11. The number of urea groups is 1. The lowest BCUT2D eigenvalue weighted by Gasteiger charge is -2.08. The molecule has 0 radical (unpaired) electrons.